The van der Waals surface area contributed by atoms with E-state index in [-0.39, 0.29) is 5.91 Å². The first-order valence-corrected chi connectivity index (χ1v) is 7.78. The van der Waals surface area contributed by atoms with Crippen LogP contribution in [0.5, 0.6) is 0 Å². The summed E-state index contributed by atoms with van der Waals surface area (Å²) in [6.45, 7) is 8.83. The van der Waals surface area contributed by atoms with E-state index < -0.39 is 5.54 Å². The molecule has 20 heavy (non-hydrogen) atoms. The highest BCUT2D eigenvalue weighted by molar-refractivity contribution is 5.84. The predicted molar refractivity (Wildman–Crippen MR) is 81.6 cm³/mol. The lowest BCUT2D eigenvalue weighted by atomic mass is 9.94. The zero-order chi connectivity index (χ0) is 15.0. The molecule has 1 fully saturated rings. The van der Waals surface area contributed by atoms with E-state index in [0.29, 0.717) is 5.92 Å². The van der Waals surface area contributed by atoms with Crippen molar-refractivity contribution in [3.8, 4) is 0 Å². The Bertz CT molecular complexity index is 297. The van der Waals surface area contributed by atoms with Gasteiger partial charge in [-0.2, -0.15) is 0 Å². The number of likely N-dealkylation sites (N-methyl/N-ethyl adjacent to an activating group) is 1. The van der Waals surface area contributed by atoms with Crippen LogP contribution < -0.4 is 11.1 Å². The summed E-state index contributed by atoms with van der Waals surface area (Å²) in [5.74, 6) is 0.403. The Hall–Kier alpha value is -0.650. The molecular weight excluding hydrogens is 254 g/mol. The van der Waals surface area contributed by atoms with Crippen molar-refractivity contribution in [1.82, 2.24) is 10.2 Å². The van der Waals surface area contributed by atoms with Crippen LogP contribution in [-0.4, -0.2) is 56.2 Å². The van der Waals surface area contributed by atoms with Gasteiger partial charge in [0.15, 0.2) is 0 Å². The summed E-state index contributed by atoms with van der Waals surface area (Å²) in [4.78, 5) is 14.0. The van der Waals surface area contributed by atoms with E-state index in [1.54, 1.807) is 7.11 Å². The van der Waals surface area contributed by atoms with Crippen molar-refractivity contribution in [1.29, 1.82) is 0 Å². The summed E-state index contributed by atoms with van der Waals surface area (Å²) in [6, 6.07) is 0. The number of nitrogens with two attached hydrogens (primary N) is 1. The third-order valence-electron chi connectivity index (χ3n) is 4.27. The quantitative estimate of drug-likeness (QED) is 0.662. The average molecular weight is 285 g/mol. The first kappa shape index (κ1) is 17.4. The van der Waals surface area contributed by atoms with E-state index in [1.165, 1.54) is 12.8 Å². The van der Waals surface area contributed by atoms with Gasteiger partial charge < -0.3 is 20.7 Å². The smallest absolute Gasteiger partial charge is 0.237 e. The Morgan fingerprint density at radius 2 is 2.30 bits per heavy atom. The molecule has 2 atom stereocenters. The van der Waals surface area contributed by atoms with Crippen LogP contribution in [0.4, 0.5) is 0 Å². The number of likely N-dealkylation sites (tertiary alicyclic amines) is 1. The van der Waals surface area contributed by atoms with Crippen molar-refractivity contribution in [3.05, 3.63) is 0 Å². The lowest BCUT2D eigenvalue weighted by Crippen LogP contribution is -2.53. The van der Waals surface area contributed by atoms with Crippen LogP contribution in [0.2, 0.25) is 0 Å². The molecule has 1 rings (SSSR count). The van der Waals surface area contributed by atoms with Crippen molar-refractivity contribution >= 4 is 5.91 Å². The van der Waals surface area contributed by atoms with E-state index in [4.69, 9.17) is 10.5 Å². The lowest BCUT2D eigenvalue weighted by molar-refractivity contribution is -0.124. The first-order valence-electron chi connectivity index (χ1n) is 7.78. The number of nitrogens with one attached hydrogen (secondary N) is 1. The molecule has 0 radical (unpaired) electrons. The number of nitrogens with zero attached hydrogens (tertiary/aromatic N) is 1. The van der Waals surface area contributed by atoms with Crippen molar-refractivity contribution in [2.75, 3.05) is 39.9 Å². The number of carbonyl (C=O) groups is 1. The second-order valence-electron chi connectivity index (χ2n) is 6.09. The second kappa shape index (κ2) is 8.60. The maximum atomic E-state index is 11.6. The number of hydrogen-bond donors (Lipinski definition) is 2. The van der Waals surface area contributed by atoms with Crippen LogP contribution in [0.15, 0.2) is 0 Å². The molecule has 5 heteroatoms. The van der Waals surface area contributed by atoms with Crippen molar-refractivity contribution in [2.45, 2.75) is 45.1 Å². The summed E-state index contributed by atoms with van der Waals surface area (Å²) < 4.78 is 5.25. The largest absolute Gasteiger partial charge is 0.384 e. The fourth-order valence-electron chi connectivity index (χ4n) is 3.07. The Morgan fingerprint density at radius 3 is 2.90 bits per heavy atom. The van der Waals surface area contributed by atoms with Gasteiger partial charge in [-0.05, 0) is 58.2 Å². The monoisotopic (exact) mass is 285 g/mol. The standard InChI is InChI=1S/C15H31N3O2/c1-4-17-15(2,14(16)19)8-6-10-18-9-5-7-13(11-18)12-20-3/h13,17H,4-12H2,1-3H3,(H2,16,19). The maximum Gasteiger partial charge on any atom is 0.237 e. The fraction of sp³-hybridized carbons (Fsp3) is 0.933. The normalized spacial score (nSPS) is 23.4. The third kappa shape index (κ3) is 5.38. The van der Waals surface area contributed by atoms with Gasteiger partial charge in [-0.3, -0.25) is 4.79 Å². The van der Waals surface area contributed by atoms with Crippen LogP contribution in [0.3, 0.4) is 0 Å². The maximum absolute atomic E-state index is 11.6. The zero-order valence-corrected chi connectivity index (χ0v) is 13.3. The Kier molecular flexibility index (Phi) is 7.48. The number of piperidine rings is 1. The van der Waals surface area contributed by atoms with Gasteiger partial charge in [-0.25, -0.2) is 0 Å². The molecular formula is C15H31N3O2. The van der Waals surface area contributed by atoms with Crippen LogP contribution >= 0.6 is 0 Å². The van der Waals surface area contributed by atoms with Crippen LogP contribution in [0, 0.1) is 5.92 Å². The van der Waals surface area contributed by atoms with Gasteiger partial charge in [0.25, 0.3) is 0 Å². The molecule has 0 bridgehead atoms. The van der Waals surface area contributed by atoms with Crippen LogP contribution in [0.25, 0.3) is 0 Å². The number of methoxy groups -OCH3 is 1. The van der Waals surface area contributed by atoms with Gasteiger partial charge in [-0.15, -0.1) is 0 Å². The second-order valence-corrected chi connectivity index (χ2v) is 6.09. The molecule has 1 amide bonds. The molecule has 2 unspecified atom stereocenters. The number of amides is 1. The predicted octanol–water partition coefficient (Wildman–Crippen LogP) is 0.979. The minimum absolute atomic E-state index is 0.254. The highest BCUT2D eigenvalue weighted by atomic mass is 16.5. The minimum Gasteiger partial charge on any atom is -0.384 e. The summed E-state index contributed by atoms with van der Waals surface area (Å²) in [7, 11) is 1.77. The summed E-state index contributed by atoms with van der Waals surface area (Å²) in [5.41, 5.74) is 4.93. The Labute approximate surface area is 123 Å². The molecule has 3 N–H and O–H groups in total. The molecule has 1 heterocycles. The summed E-state index contributed by atoms with van der Waals surface area (Å²) >= 11 is 0. The number of carbonyl (C=O) groups excluding carboxylic acids is 1. The molecule has 118 valence electrons. The number of hydrogen-bond acceptors (Lipinski definition) is 4. The van der Waals surface area contributed by atoms with E-state index in [0.717, 1.165) is 45.6 Å². The SMILES string of the molecule is CCNC(C)(CCCN1CCCC(COC)C1)C(N)=O. The lowest BCUT2D eigenvalue weighted by Gasteiger charge is -2.33. The first-order chi connectivity index (χ1) is 9.51. The van der Waals surface area contributed by atoms with Crippen molar-refractivity contribution < 1.29 is 9.53 Å². The summed E-state index contributed by atoms with van der Waals surface area (Å²) in [5, 5.41) is 3.21. The molecule has 1 aliphatic rings. The van der Waals surface area contributed by atoms with E-state index in [1.807, 2.05) is 13.8 Å². The van der Waals surface area contributed by atoms with Crippen LogP contribution in [0.1, 0.15) is 39.5 Å². The van der Waals surface area contributed by atoms with Gasteiger partial charge in [0, 0.05) is 13.7 Å². The van der Waals surface area contributed by atoms with Gasteiger partial charge in [-0.1, -0.05) is 6.92 Å². The highest BCUT2D eigenvalue weighted by Crippen LogP contribution is 2.18. The third-order valence-corrected chi connectivity index (χ3v) is 4.27. The van der Waals surface area contributed by atoms with E-state index >= 15 is 0 Å². The molecule has 0 aromatic carbocycles. The summed E-state index contributed by atoms with van der Waals surface area (Å²) in [6.07, 6.45) is 4.29. The zero-order valence-electron chi connectivity index (χ0n) is 13.3. The van der Waals surface area contributed by atoms with Gasteiger partial charge in [0.2, 0.25) is 5.91 Å². The molecule has 0 aromatic rings. The Morgan fingerprint density at radius 1 is 1.55 bits per heavy atom. The van der Waals surface area contributed by atoms with Crippen LogP contribution in [-0.2, 0) is 9.53 Å². The number of primary amides is 1. The Balaban J connectivity index is 2.33. The average Bonchev–Trinajstić information content (AvgIpc) is 2.39. The molecule has 0 spiro atoms. The molecule has 0 saturated carbocycles. The highest BCUT2D eigenvalue weighted by Gasteiger charge is 2.29. The van der Waals surface area contributed by atoms with Gasteiger partial charge >= 0.3 is 0 Å². The van der Waals surface area contributed by atoms with Crippen molar-refractivity contribution in [2.24, 2.45) is 11.7 Å². The molecule has 0 aliphatic carbocycles. The molecule has 5 nitrogen and oxygen atoms in total. The topological polar surface area (TPSA) is 67.6 Å². The van der Waals surface area contributed by atoms with Gasteiger partial charge in [0.1, 0.15) is 0 Å². The molecule has 1 saturated heterocycles. The number of rotatable bonds is 9. The van der Waals surface area contributed by atoms with E-state index in [2.05, 4.69) is 10.2 Å². The molecule has 1 aliphatic heterocycles. The van der Waals surface area contributed by atoms with Crippen molar-refractivity contribution in [3.63, 3.8) is 0 Å². The molecule has 0 aromatic heterocycles. The number of ether oxygens (including phenoxy) is 1. The minimum atomic E-state index is -0.573. The van der Waals surface area contributed by atoms with E-state index in [9.17, 15) is 4.79 Å². The van der Waals surface area contributed by atoms with Gasteiger partial charge in [0.05, 0.1) is 12.1 Å². The fourth-order valence-corrected chi connectivity index (χ4v) is 3.07.